The number of rotatable bonds is 3. The van der Waals surface area contributed by atoms with Crippen molar-refractivity contribution in [2.45, 2.75) is 6.92 Å². The number of oxazole rings is 1. The number of benzene rings is 1. The average Bonchev–Trinajstić information content (AvgIpc) is 2.73. The van der Waals surface area contributed by atoms with Gasteiger partial charge in [0.05, 0.1) is 5.56 Å². The molecule has 0 aliphatic carbocycles. The molecule has 0 amide bonds. The van der Waals surface area contributed by atoms with Crippen LogP contribution in [0.5, 0.6) is 0 Å². The third-order valence-corrected chi connectivity index (χ3v) is 3.04. The van der Waals surface area contributed by atoms with Crippen LogP contribution in [0.3, 0.4) is 0 Å². The molecule has 7 heteroatoms. The minimum atomic E-state index is -1.47. The van der Waals surface area contributed by atoms with Crippen molar-refractivity contribution in [2.24, 2.45) is 0 Å². The van der Waals surface area contributed by atoms with Crippen LogP contribution in [0.2, 0.25) is 0 Å². The van der Waals surface area contributed by atoms with Gasteiger partial charge in [0.15, 0.2) is 0 Å². The Balaban J connectivity index is 2.60. The standard InChI is InChI=1S/C12H8BrNO5/c1-5-2-3-6(7(13)4-5)10-14-8(11(15)16)9(19-10)12(17)18/h2-4H,1H3,(H,15,16)(H,17,18). The van der Waals surface area contributed by atoms with E-state index < -0.39 is 23.4 Å². The molecule has 0 saturated carbocycles. The lowest BCUT2D eigenvalue weighted by molar-refractivity contribution is 0.0624. The minimum Gasteiger partial charge on any atom is -0.476 e. The topological polar surface area (TPSA) is 101 Å². The number of hydrogen-bond donors (Lipinski definition) is 2. The molecular weight excluding hydrogens is 318 g/mol. The Bertz CT molecular complexity index is 645. The van der Waals surface area contributed by atoms with Gasteiger partial charge in [-0.2, -0.15) is 0 Å². The van der Waals surface area contributed by atoms with E-state index in [1.165, 1.54) is 0 Å². The zero-order valence-electron chi connectivity index (χ0n) is 9.68. The van der Waals surface area contributed by atoms with Crippen molar-refractivity contribution in [1.82, 2.24) is 4.98 Å². The summed E-state index contributed by atoms with van der Waals surface area (Å²) in [6.07, 6.45) is 0. The predicted molar refractivity (Wildman–Crippen MR) is 68.3 cm³/mol. The molecule has 0 bridgehead atoms. The third-order valence-electron chi connectivity index (χ3n) is 2.38. The van der Waals surface area contributed by atoms with Gasteiger partial charge in [0, 0.05) is 4.47 Å². The summed E-state index contributed by atoms with van der Waals surface area (Å²) < 4.78 is 5.66. The number of carboxylic acids is 2. The molecule has 0 atom stereocenters. The molecule has 0 aliphatic rings. The van der Waals surface area contributed by atoms with Crippen molar-refractivity contribution in [3.8, 4) is 11.5 Å². The Morgan fingerprint density at radius 1 is 1.26 bits per heavy atom. The first-order chi connectivity index (χ1) is 8.90. The fourth-order valence-electron chi connectivity index (χ4n) is 1.52. The molecule has 0 aliphatic heterocycles. The summed E-state index contributed by atoms with van der Waals surface area (Å²) in [6, 6.07) is 5.24. The lowest BCUT2D eigenvalue weighted by atomic mass is 10.1. The van der Waals surface area contributed by atoms with Crippen molar-refractivity contribution < 1.29 is 24.2 Å². The highest BCUT2D eigenvalue weighted by Gasteiger charge is 2.25. The summed E-state index contributed by atoms with van der Waals surface area (Å²) in [5.41, 5.74) is 0.856. The SMILES string of the molecule is Cc1ccc(-c2nc(C(=O)O)c(C(=O)O)o2)c(Br)c1. The molecule has 6 nitrogen and oxygen atoms in total. The van der Waals surface area contributed by atoms with Crippen LogP contribution in [0.1, 0.15) is 26.6 Å². The molecule has 0 saturated heterocycles. The predicted octanol–water partition coefficient (Wildman–Crippen LogP) is 2.81. The van der Waals surface area contributed by atoms with Gasteiger partial charge in [0.2, 0.25) is 17.3 Å². The molecule has 1 heterocycles. The molecule has 2 rings (SSSR count). The van der Waals surface area contributed by atoms with E-state index in [1.54, 1.807) is 18.2 Å². The Kier molecular flexibility index (Phi) is 3.39. The summed E-state index contributed by atoms with van der Waals surface area (Å²) in [5.74, 6) is -3.66. The molecule has 0 spiro atoms. The summed E-state index contributed by atoms with van der Waals surface area (Å²) in [4.78, 5) is 25.5. The first kappa shape index (κ1) is 13.3. The van der Waals surface area contributed by atoms with Crippen LogP contribution >= 0.6 is 15.9 Å². The maximum absolute atomic E-state index is 10.9. The summed E-state index contributed by atoms with van der Waals surface area (Å²) in [6.45, 7) is 1.88. The van der Waals surface area contributed by atoms with Crippen LogP contribution in [0.15, 0.2) is 27.1 Å². The number of aromatic nitrogens is 1. The zero-order valence-corrected chi connectivity index (χ0v) is 11.3. The number of halogens is 1. The first-order valence-corrected chi connectivity index (χ1v) is 5.93. The van der Waals surface area contributed by atoms with E-state index in [0.717, 1.165) is 5.56 Å². The average molecular weight is 326 g/mol. The largest absolute Gasteiger partial charge is 0.476 e. The van der Waals surface area contributed by atoms with Gasteiger partial charge in [-0.25, -0.2) is 14.6 Å². The van der Waals surface area contributed by atoms with Crippen molar-refractivity contribution >= 4 is 27.9 Å². The van der Waals surface area contributed by atoms with E-state index in [9.17, 15) is 9.59 Å². The van der Waals surface area contributed by atoms with Gasteiger partial charge in [-0.15, -0.1) is 0 Å². The van der Waals surface area contributed by atoms with Crippen LogP contribution < -0.4 is 0 Å². The maximum atomic E-state index is 10.9. The Labute approximate surface area is 115 Å². The molecule has 1 aromatic heterocycles. The van der Waals surface area contributed by atoms with Gasteiger partial charge in [-0.3, -0.25) is 0 Å². The summed E-state index contributed by atoms with van der Waals surface area (Å²) >= 11 is 3.30. The minimum absolute atomic E-state index is 0.0540. The fraction of sp³-hybridized carbons (Fsp3) is 0.0833. The maximum Gasteiger partial charge on any atom is 0.374 e. The lowest BCUT2D eigenvalue weighted by Crippen LogP contribution is -2.05. The number of carbonyl (C=O) groups is 2. The zero-order chi connectivity index (χ0) is 14.2. The molecule has 2 N–H and O–H groups in total. The molecule has 0 radical (unpaired) electrons. The van der Waals surface area contributed by atoms with Gasteiger partial charge >= 0.3 is 11.9 Å². The smallest absolute Gasteiger partial charge is 0.374 e. The molecule has 0 unspecified atom stereocenters. The second-order valence-corrected chi connectivity index (χ2v) is 4.64. The number of hydrogen-bond acceptors (Lipinski definition) is 4. The number of carboxylic acid groups (broad SMARTS) is 2. The number of aromatic carboxylic acids is 2. The van der Waals surface area contributed by atoms with E-state index in [-0.39, 0.29) is 5.89 Å². The molecule has 19 heavy (non-hydrogen) atoms. The number of nitrogens with zero attached hydrogens (tertiary/aromatic N) is 1. The van der Waals surface area contributed by atoms with Crippen LogP contribution in [0.4, 0.5) is 0 Å². The Morgan fingerprint density at radius 3 is 2.42 bits per heavy atom. The van der Waals surface area contributed by atoms with Crippen LogP contribution in [0, 0.1) is 6.92 Å². The monoisotopic (exact) mass is 325 g/mol. The van der Waals surface area contributed by atoms with E-state index >= 15 is 0 Å². The molecule has 98 valence electrons. The Hall–Kier alpha value is -2.15. The van der Waals surface area contributed by atoms with Crippen LogP contribution in [0.25, 0.3) is 11.5 Å². The highest BCUT2D eigenvalue weighted by atomic mass is 79.9. The molecule has 2 aromatic rings. The van der Waals surface area contributed by atoms with Gasteiger partial charge < -0.3 is 14.6 Å². The highest BCUT2D eigenvalue weighted by Crippen LogP contribution is 2.30. The summed E-state index contributed by atoms with van der Waals surface area (Å²) in [7, 11) is 0. The molecule has 1 aromatic carbocycles. The molecular formula is C12H8BrNO5. The van der Waals surface area contributed by atoms with E-state index in [4.69, 9.17) is 14.6 Å². The second-order valence-electron chi connectivity index (χ2n) is 3.79. The van der Waals surface area contributed by atoms with E-state index in [1.807, 2.05) is 6.92 Å². The van der Waals surface area contributed by atoms with E-state index in [2.05, 4.69) is 20.9 Å². The molecule has 0 fully saturated rings. The van der Waals surface area contributed by atoms with Crippen molar-refractivity contribution in [3.63, 3.8) is 0 Å². The summed E-state index contributed by atoms with van der Waals surface area (Å²) in [5, 5.41) is 17.8. The number of aryl methyl sites for hydroxylation is 1. The van der Waals surface area contributed by atoms with Crippen molar-refractivity contribution in [1.29, 1.82) is 0 Å². The third kappa shape index (κ3) is 2.50. The van der Waals surface area contributed by atoms with Gasteiger partial charge in [0.1, 0.15) is 0 Å². The van der Waals surface area contributed by atoms with Crippen molar-refractivity contribution in [3.05, 3.63) is 39.7 Å². The second kappa shape index (κ2) is 4.85. The van der Waals surface area contributed by atoms with Crippen molar-refractivity contribution in [2.75, 3.05) is 0 Å². The first-order valence-electron chi connectivity index (χ1n) is 5.14. The van der Waals surface area contributed by atoms with Gasteiger partial charge in [-0.1, -0.05) is 6.07 Å². The lowest BCUT2D eigenvalue weighted by Gasteiger charge is -2.00. The van der Waals surface area contributed by atoms with Crippen LogP contribution in [-0.2, 0) is 0 Å². The quantitative estimate of drug-likeness (QED) is 0.899. The Morgan fingerprint density at radius 2 is 1.95 bits per heavy atom. The van der Waals surface area contributed by atoms with Gasteiger partial charge in [0.25, 0.3) is 0 Å². The normalized spacial score (nSPS) is 10.4. The highest BCUT2D eigenvalue weighted by molar-refractivity contribution is 9.10. The van der Waals surface area contributed by atoms with Gasteiger partial charge in [-0.05, 0) is 40.5 Å². The fourth-order valence-corrected chi connectivity index (χ4v) is 2.18. The van der Waals surface area contributed by atoms with Crippen LogP contribution in [-0.4, -0.2) is 27.1 Å². The van der Waals surface area contributed by atoms with E-state index in [0.29, 0.717) is 10.0 Å².